The first kappa shape index (κ1) is 38.2. The molecule has 2 amide bonds. The molecule has 0 aromatic carbocycles. The third-order valence-corrected chi connectivity index (χ3v) is 10.3. The predicted octanol–water partition coefficient (Wildman–Crippen LogP) is 5.43. The molecule has 1 aliphatic heterocycles. The molecule has 1 aromatic heterocycles. The zero-order valence-corrected chi connectivity index (χ0v) is 29.7. The van der Waals surface area contributed by atoms with E-state index in [4.69, 9.17) is 0 Å². The van der Waals surface area contributed by atoms with Crippen molar-refractivity contribution in [1.82, 2.24) is 20.2 Å². The van der Waals surface area contributed by atoms with E-state index in [1.807, 2.05) is 55.4 Å². The van der Waals surface area contributed by atoms with Crippen molar-refractivity contribution >= 4 is 34.9 Å². The summed E-state index contributed by atoms with van der Waals surface area (Å²) in [6, 6.07) is -1.64. The van der Waals surface area contributed by atoms with Crippen LogP contribution in [0.2, 0.25) is 0 Å². The van der Waals surface area contributed by atoms with Crippen LogP contribution in [0.1, 0.15) is 124 Å². The van der Waals surface area contributed by atoms with E-state index in [2.05, 4.69) is 15.3 Å². The molecule has 2 fully saturated rings. The lowest BCUT2D eigenvalue weighted by molar-refractivity contribution is -0.146. The largest absolute Gasteiger partial charge is 0.344 e. The topological polar surface area (TPSA) is 143 Å². The third-order valence-electron chi connectivity index (χ3n) is 10.3. The Kier molecular flexibility index (Phi) is 13.5. The van der Waals surface area contributed by atoms with E-state index >= 15 is 0 Å². The fourth-order valence-electron chi connectivity index (χ4n) is 7.21. The van der Waals surface area contributed by atoms with Crippen molar-refractivity contribution in [2.75, 3.05) is 6.54 Å². The summed E-state index contributed by atoms with van der Waals surface area (Å²) in [5.74, 6) is -3.44. The Morgan fingerprint density at radius 2 is 1.68 bits per heavy atom. The van der Waals surface area contributed by atoms with Gasteiger partial charge in [0.05, 0.1) is 12.2 Å². The van der Waals surface area contributed by atoms with Crippen LogP contribution >= 0.6 is 0 Å². The predicted molar refractivity (Wildman–Crippen MR) is 179 cm³/mol. The van der Waals surface area contributed by atoms with Crippen LogP contribution in [-0.2, 0) is 24.0 Å². The zero-order chi connectivity index (χ0) is 35.1. The van der Waals surface area contributed by atoms with E-state index in [0.29, 0.717) is 19.4 Å². The lowest BCUT2D eigenvalue weighted by Gasteiger charge is -2.37. The number of carbonyl (C=O) groups is 6. The number of amides is 2. The molecule has 0 bridgehead atoms. The summed E-state index contributed by atoms with van der Waals surface area (Å²) >= 11 is 0. The second kappa shape index (κ2) is 16.7. The smallest absolute Gasteiger partial charge is 0.246 e. The minimum Gasteiger partial charge on any atom is -0.344 e. The van der Waals surface area contributed by atoms with Gasteiger partial charge in [0.2, 0.25) is 17.6 Å². The summed E-state index contributed by atoms with van der Waals surface area (Å²) in [5.41, 5.74) is -0.516. The van der Waals surface area contributed by atoms with Gasteiger partial charge in [0.1, 0.15) is 11.7 Å². The number of ketones is 4. The van der Waals surface area contributed by atoms with Crippen LogP contribution in [0, 0.1) is 40.9 Å². The van der Waals surface area contributed by atoms with Gasteiger partial charge in [-0.05, 0) is 48.3 Å². The third kappa shape index (κ3) is 9.63. The number of hydrogen-bond acceptors (Lipinski definition) is 8. The first-order valence-electron chi connectivity index (χ1n) is 17.6. The van der Waals surface area contributed by atoms with E-state index in [1.54, 1.807) is 4.90 Å². The van der Waals surface area contributed by atoms with Crippen molar-refractivity contribution in [2.45, 2.75) is 125 Å². The van der Waals surface area contributed by atoms with Gasteiger partial charge in [-0.1, -0.05) is 74.7 Å². The summed E-state index contributed by atoms with van der Waals surface area (Å²) in [7, 11) is 0. The molecular weight excluding hydrogens is 596 g/mol. The van der Waals surface area contributed by atoms with Gasteiger partial charge in [-0.25, -0.2) is 4.98 Å². The van der Waals surface area contributed by atoms with Gasteiger partial charge in [0, 0.05) is 50.0 Å². The molecule has 7 atom stereocenters. The second-order valence-corrected chi connectivity index (χ2v) is 15.3. The Hall–Kier alpha value is -3.30. The van der Waals surface area contributed by atoms with Crippen LogP contribution in [0.15, 0.2) is 18.6 Å². The van der Waals surface area contributed by atoms with Gasteiger partial charge in [-0.2, -0.15) is 0 Å². The highest BCUT2D eigenvalue weighted by Gasteiger charge is 2.52. The highest BCUT2D eigenvalue weighted by molar-refractivity contribution is 6.38. The molecular formula is C37H56N4O6. The lowest BCUT2D eigenvalue weighted by atomic mass is 9.82. The summed E-state index contributed by atoms with van der Waals surface area (Å²) in [4.78, 5) is 91.2. The SMILES string of the molecule is CCCC(CC(=O)C1[C@H]2CCCC2CN1C(=O)C(NC(=O)[C@H](CC(=O)c1cnccn1)C(C)C)C(C)(C)C)C(=O)C(=O)C[C@@H](C)CC. The number of fused-ring (bicyclic) bond motifs is 1. The number of carbonyl (C=O) groups excluding carboxylic acids is 6. The minimum atomic E-state index is -0.942. The monoisotopic (exact) mass is 652 g/mol. The molecule has 2 heterocycles. The summed E-state index contributed by atoms with van der Waals surface area (Å²) in [5, 5.41) is 2.99. The van der Waals surface area contributed by atoms with Gasteiger partial charge in [0.25, 0.3) is 0 Å². The lowest BCUT2D eigenvalue weighted by Crippen LogP contribution is -2.58. The quantitative estimate of drug-likeness (QED) is 0.173. The van der Waals surface area contributed by atoms with Gasteiger partial charge in [0.15, 0.2) is 17.3 Å². The molecule has 260 valence electrons. The number of aromatic nitrogens is 2. The molecule has 4 unspecified atom stereocenters. The molecule has 10 nitrogen and oxygen atoms in total. The van der Waals surface area contributed by atoms with Gasteiger partial charge in [-0.15, -0.1) is 0 Å². The van der Waals surface area contributed by atoms with E-state index in [-0.39, 0.29) is 66.1 Å². The van der Waals surface area contributed by atoms with Crippen molar-refractivity contribution in [3.8, 4) is 0 Å². The normalized spacial score (nSPS) is 21.9. The Bertz CT molecular complexity index is 1290. The van der Waals surface area contributed by atoms with E-state index in [9.17, 15) is 28.8 Å². The van der Waals surface area contributed by atoms with E-state index in [1.165, 1.54) is 18.6 Å². The fourth-order valence-corrected chi connectivity index (χ4v) is 7.21. The van der Waals surface area contributed by atoms with Gasteiger partial charge >= 0.3 is 0 Å². The molecule has 1 N–H and O–H groups in total. The Labute approximate surface area is 280 Å². The van der Waals surface area contributed by atoms with Crippen LogP contribution in [0.5, 0.6) is 0 Å². The maximum atomic E-state index is 14.5. The minimum absolute atomic E-state index is 0.0102. The summed E-state index contributed by atoms with van der Waals surface area (Å²) in [6.45, 7) is 15.6. The first-order chi connectivity index (χ1) is 22.1. The van der Waals surface area contributed by atoms with E-state index in [0.717, 1.165) is 25.7 Å². The average Bonchev–Trinajstić information content (AvgIpc) is 3.62. The Morgan fingerprint density at radius 3 is 2.26 bits per heavy atom. The molecule has 0 spiro atoms. The standard InChI is InChI=1S/C37H56N4O6/c1-9-12-24(33(45)31(44)17-23(5)10-2)18-30(43)32-26-14-11-13-25(26)21-41(32)36(47)34(37(6,7)8)40-35(46)27(22(3)4)19-29(42)28-20-38-15-16-39-28/h15-16,20,22-27,32,34H,9-14,17-19,21H2,1-8H3,(H,40,46)/t23-,24?,25?,26-,27+,32?,34?/m0/s1. The number of likely N-dealkylation sites (tertiary alicyclic amines) is 1. The van der Waals surface area contributed by atoms with Crippen LogP contribution in [-0.4, -0.2) is 68.4 Å². The van der Waals surface area contributed by atoms with Crippen molar-refractivity contribution in [3.05, 3.63) is 24.3 Å². The molecule has 1 aromatic rings. The number of Topliss-reactive ketones (excluding diaryl/α,β-unsaturated/α-hetero) is 4. The van der Waals surface area contributed by atoms with Crippen LogP contribution in [0.25, 0.3) is 0 Å². The average molecular weight is 653 g/mol. The number of hydrogen-bond donors (Lipinski definition) is 1. The highest BCUT2D eigenvalue weighted by atomic mass is 16.2. The van der Waals surface area contributed by atoms with Crippen molar-refractivity contribution < 1.29 is 28.8 Å². The molecule has 10 heteroatoms. The van der Waals surface area contributed by atoms with Crippen LogP contribution in [0.3, 0.4) is 0 Å². The fraction of sp³-hybridized carbons (Fsp3) is 0.730. The van der Waals surface area contributed by atoms with Crippen LogP contribution in [0.4, 0.5) is 0 Å². The van der Waals surface area contributed by atoms with Gasteiger partial charge < -0.3 is 10.2 Å². The second-order valence-electron chi connectivity index (χ2n) is 15.3. The molecule has 3 rings (SSSR count). The first-order valence-corrected chi connectivity index (χ1v) is 17.6. The molecule has 47 heavy (non-hydrogen) atoms. The molecule has 2 aliphatic rings. The van der Waals surface area contributed by atoms with Crippen molar-refractivity contribution in [3.63, 3.8) is 0 Å². The Morgan fingerprint density at radius 1 is 0.979 bits per heavy atom. The van der Waals surface area contributed by atoms with Crippen molar-refractivity contribution in [2.24, 2.45) is 40.9 Å². The van der Waals surface area contributed by atoms with E-state index < -0.39 is 46.8 Å². The Balaban J connectivity index is 1.85. The molecule has 0 radical (unpaired) electrons. The molecule has 1 saturated heterocycles. The number of rotatable bonds is 17. The zero-order valence-electron chi connectivity index (χ0n) is 29.7. The number of nitrogens with one attached hydrogen (secondary N) is 1. The summed E-state index contributed by atoms with van der Waals surface area (Å²) in [6.07, 6.45) is 8.91. The maximum absolute atomic E-state index is 14.5. The van der Waals surface area contributed by atoms with Gasteiger partial charge in [-0.3, -0.25) is 33.8 Å². The van der Waals surface area contributed by atoms with Crippen molar-refractivity contribution in [1.29, 1.82) is 0 Å². The van der Waals surface area contributed by atoms with Crippen LogP contribution < -0.4 is 5.32 Å². The highest BCUT2D eigenvalue weighted by Crippen LogP contribution is 2.44. The maximum Gasteiger partial charge on any atom is 0.246 e. The molecule has 1 aliphatic carbocycles. The summed E-state index contributed by atoms with van der Waals surface area (Å²) < 4.78 is 0. The molecule has 1 saturated carbocycles. The number of nitrogens with zero attached hydrogens (tertiary/aromatic N) is 3.